The number of anilines is 2. The molecule has 3 N–H and O–H groups in total. The van der Waals surface area contributed by atoms with Crippen molar-refractivity contribution in [2.45, 2.75) is 13.3 Å². The number of nitro groups is 1. The summed E-state index contributed by atoms with van der Waals surface area (Å²) >= 11 is 0. The van der Waals surface area contributed by atoms with E-state index in [1.807, 2.05) is 6.92 Å². The molecule has 8 nitrogen and oxygen atoms in total. The topological polar surface area (TPSA) is 113 Å². The molecule has 0 radical (unpaired) electrons. The third-order valence-corrected chi connectivity index (χ3v) is 3.32. The summed E-state index contributed by atoms with van der Waals surface area (Å²) in [7, 11) is -3.26. The summed E-state index contributed by atoms with van der Waals surface area (Å²) in [6.07, 6.45) is 1.91. The van der Waals surface area contributed by atoms with Gasteiger partial charge in [-0.25, -0.2) is 13.1 Å². The third-order valence-electron chi connectivity index (χ3n) is 2.59. The van der Waals surface area contributed by atoms with Crippen LogP contribution in [0.4, 0.5) is 17.1 Å². The molecule has 0 amide bonds. The van der Waals surface area contributed by atoms with Gasteiger partial charge in [0, 0.05) is 19.6 Å². The molecular weight excluding hydrogens is 296 g/mol. The highest BCUT2D eigenvalue weighted by molar-refractivity contribution is 7.88. The summed E-state index contributed by atoms with van der Waals surface area (Å²) in [5.41, 5.74) is 0.768. The van der Waals surface area contributed by atoms with Gasteiger partial charge in [0.15, 0.2) is 0 Å². The molecule has 0 aliphatic rings. The van der Waals surface area contributed by atoms with Gasteiger partial charge in [-0.3, -0.25) is 10.1 Å². The minimum absolute atomic E-state index is 0.0368. The maximum Gasteiger partial charge on any atom is 0.315 e. The number of nitrogens with zero attached hydrogens (tertiary/aromatic N) is 1. The monoisotopic (exact) mass is 316 g/mol. The van der Waals surface area contributed by atoms with Crippen molar-refractivity contribution < 1.29 is 13.3 Å². The molecule has 0 fully saturated rings. The number of benzene rings is 1. The molecule has 9 heteroatoms. The quantitative estimate of drug-likeness (QED) is 0.360. The minimum atomic E-state index is -3.26. The molecule has 0 saturated heterocycles. The van der Waals surface area contributed by atoms with Crippen LogP contribution in [-0.4, -0.2) is 39.2 Å². The van der Waals surface area contributed by atoms with E-state index in [4.69, 9.17) is 0 Å². The van der Waals surface area contributed by atoms with Gasteiger partial charge in [-0.15, -0.1) is 0 Å². The Hall–Kier alpha value is -1.87. The lowest BCUT2D eigenvalue weighted by Gasteiger charge is -2.11. The molecule has 0 bridgehead atoms. The Labute approximate surface area is 124 Å². The Bertz CT molecular complexity index is 589. The maximum atomic E-state index is 11.2. The molecule has 0 aromatic heterocycles. The highest BCUT2D eigenvalue weighted by Crippen LogP contribution is 2.32. The van der Waals surface area contributed by atoms with Crippen molar-refractivity contribution in [3.05, 3.63) is 28.3 Å². The second kappa shape index (κ2) is 7.79. The average Bonchev–Trinajstić information content (AvgIpc) is 2.40. The lowest BCUT2D eigenvalue weighted by molar-refractivity contribution is -0.383. The van der Waals surface area contributed by atoms with Crippen LogP contribution in [-0.2, 0) is 10.0 Å². The maximum absolute atomic E-state index is 11.2. The van der Waals surface area contributed by atoms with Crippen LogP contribution in [0.2, 0.25) is 0 Å². The molecule has 118 valence electrons. The van der Waals surface area contributed by atoms with E-state index in [2.05, 4.69) is 15.4 Å². The van der Waals surface area contributed by atoms with E-state index in [1.54, 1.807) is 18.2 Å². The van der Waals surface area contributed by atoms with Gasteiger partial charge in [0.05, 0.1) is 11.2 Å². The van der Waals surface area contributed by atoms with Crippen LogP contribution in [0.25, 0.3) is 0 Å². The first-order valence-corrected chi connectivity index (χ1v) is 8.44. The highest BCUT2D eigenvalue weighted by Gasteiger charge is 2.19. The largest absolute Gasteiger partial charge is 0.379 e. The summed E-state index contributed by atoms with van der Waals surface area (Å²) in [6, 6.07) is 4.95. The first-order valence-electron chi connectivity index (χ1n) is 6.55. The van der Waals surface area contributed by atoms with E-state index in [0.717, 1.165) is 12.7 Å². The summed E-state index contributed by atoms with van der Waals surface area (Å²) in [5, 5.41) is 17.1. The molecule has 0 aliphatic heterocycles. The Morgan fingerprint density at radius 3 is 2.19 bits per heavy atom. The lowest BCUT2D eigenvalue weighted by Crippen LogP contribution is -2.27. The van der Waals surface area contributed by atoms with Gasteiger partial charge >= 0.3 is 5.69 Å². The molecular formula is C12H20N4O4S. The molecule has 0 atom stereocenters. The summed E-state index contributed by atoms with van der Waals surface area (Å²) < 4.78 is 24.2. The van der Waals surface area contributed by atoms with E-state index in [9.17, 15) is 18.5 Å². The fraction of sp³-hybridized carbons (Fsp3) is 0.500. The zero-order valence-corrected chi connectivity index (χ0v) is 12.9. The normalized spacial score (nSPS) is 11.1. The van der Waals surface area contributed by atoms with E-state index < -0.39 is 14.9 Å². The van der Waals surface area contributed by atoms with Crippen LogP contribution in [0.3, 0.4) is 0 Å². The van der Waals surface area contributed by atoms with E-state index in [-0.39, 0.29) is 18.8 Å². The fourth-order valence-corrected chi connectivity index (χ4v) is 2.19. The zero-order chi connectivity index (χ0) is 15.9. The molecule has 0 saturated carbocycles. The van der Waals surface area contributed by atoms with Gasteiger partial charge in [0.2, 0.25) is 10.0 Å². The standard InChI is InChI=1S/C12H20N4O4S/c1-3-7-13-10-5-4-6-11(12(10)16(17)18)14-8-9-15-21(2,19)20/h4-6,13-15H,3,7-9H2,1-2H3. The van der Waals surface area contributed by atoms with Crippen molar-refractivity contribution in [1.82, 2.24) is 4.72 Å². The minimum Gasteiger partial charge on any atom is -0.379 e. The molecule has 0 spiro atoms. The van der Waals surface area contributed by atoms with Crippen molar-refractivity contribution >= 4 is 27.1 Å². The number of nitro benzene ring substituents is 1. The van der Waals surface area contributed by atoms with Gasteiger partial charge in [-0.2, -0.15) is 0 Å². The summed E-state index contributed by atoms with van der Waals surface area (Å²) in [4.78, 5) is 10.8. The van der Waals surface area contributed by atoms with Crippen LogP contribution in [0.1, 0.15) is 13.3 Å². The Balaban J connectivity index is 2.79. The Kier molecular flexibility index (Phi) is 6.38. The highest BCUT2D eigenvalue weighted by atomic mass is 32.2. The number of nitrogens with one attached hydrogen (secondary N) is 3. The van der Waals surface area contributed by atoms with E-state index in [1.165, 1.54) is 0 Å². The van der Waals surface area contributed by atoms with Crippen LogP contribution < -0.4 is 15.4 Å². The molecule has 0 aliphatic carbocycles. The number of sulfonamides is 1. The van der Waals surface area contributed by atoms with Gasteiger partial charge in [-0.05, 0) is 18.6 Å². The van der Waals surface area contributed by atoms with Crippen molar-refractivity contribution in [1.29, 1.82) is 0 Å². The SMILES string of the molecule is CCCNc1cccc(NCCNS(C)(=O)=O)c1[N+](=O)[O-]. The predicted octanol–water partition coefficient (Wildman–Crippen LogP) is 1.38. The predicted molar refractivity (Wildman–Crippen MR) is 83.2 cm³/mol. The Morgan fingerprint density at radius 1 is 1.14 bits per heavy atom. The van der Waals surface area contributed by atoms with Gasteiger partial charge in [-0.1, -0.05) is 13.0 Å². The van der Waals surface area contributed by atoms with Crippen molar-refractivity contribution in [2.75, 3.05) is 36.5 Å². The van der Waals surface area contributed by atoms with Crippen LogP contribution in [0.15, 0.2) is 18.2 Å². The van der Waals surface area contributed by atoms with Crippen LogP contribution >= 0.6 is 0 Å². The molecule has 1 aromatic rings. The molecule has 1 rings (SSSR count). The lowest BCUT2D eigenvalue weighted by atomic mass is 10.2. The second-order valence-electron chi connectivity index (χ2n) is 4.48. The summed E-state index contributed by atoms with van der Waals surface area (Å²) in [5.74, 6) is 0. The molecule has 0 heterocycles. The van der Waals surface area contributed by atoms with Crippen molar-refractivity contribution in [3.8, 4) is 0 Å². The van der Waals surface area contributed by atoms with E-state index in [0.29, 0.717) is 17.9 Å². The number of hydrogen-bond acceptors (Lipinski definition) is 6. The number of para-hydroxylation sites is 1. The molecule has 21 heavy (non-hydrogen) atoms. The first kappa shape index (κ1) is 17.2. The summed E-state index contributed by atoms with van der Waals surface area (Å²) in [6.45, 7) is 3.02. The average molecular weight is 316 g/mol. The van der Waals surface area contributed by atoms with E-state index >= 15 is 0 Å². The number of rotatable bonds is 9. The van der Waals surface area contributed by atoms with Crippen molar-refractivity contribution in [2.24, 2.45) is 0 Å². The van der Waals surface area contributed by atoms with Gasteiger partial charge < -0.3 is 10.6 Å². The van der Waals surface area contributed by atoms with Crippen molar-refractivity contribution in [3.63, 3.8) is 0 Å². The third kappa shape index (κ3) is 5.96. The first-order chi connectivity index (χ1) is 9.85. The van der Waals surface area contributed by atoms with Crippen LogP contribution in [0.5, 0.6) is 0 Å². The molecule has 1 aromatic carbocycles. The van der Waals surface area contributed by atoms with Crippen LogP contribution in [0, 0.1) is 10.1 Å². The molecule has 0 unspecified atom stereocenters. The van der Waals surface area contributed by atoms with Gasteiger partial charge in [0.1, 0.15) is 11.4 Å². The van der Waals surface area contributed by atoms with Gasteiger partial charge in [0.25, 0.3) is 0 Å². The fourth-order valence-electron chi connectivity index (χ4n) is 1.72. The second-order valence-corrected chi connectivity index (χ2v) is 6.31. The Morgan fingerprint density at radius 2 is 1.71 bits per heavy atom. The number of hydrogen-bond donors (Lipinski definition) is 3. The smallest absolute Gasteiger partial charge is 0.315 e. The zero-order valence-electron chi connectivity index (χ0n) is 12.0.